The van der Waals surface area contributed by atoms with Gasteiger partial charge in [0.25, 0.3) is 5.56 Å². The van der Waals surface area contributed by atoms with E-state index in [9.17, 15) is 43.4 Å². The number of nitrogens with two attached hydrogens (primary N) is 1. The first kappa shape index (κ1) is 32.5. The van der Waals surface area contributed by atoms with Gasteiger partial charge in [0, 0.05) is 0 Å². The number of aromatic nitrogens is 4. The van der Waals surface area contributed by atoms with Gasteiger partial charge in [-0.1, -0.05) is 0 Å². The van der Waals surface area contributed by atoms with E-state index in [0.717, 1.165) is 10.9 Å². The van der Waals surface area contributed by atoms with Crippen molar-refractivity contribution in [1.82, 2.24) is 19.5 Å². The van der Waals surface area contributed by atoms with Crippen molar-refractivity contribution in [3.05, 3.63) is 16.7 Å². The van der Waals surface area contributed by atoms with Gasteiger partial charge in [-0.05, 0) is 0 Å². The Kier molecular flexibility index (Phi) is 11.3. The summed E-state index contributed by atoms with van der Waals surface area (Å²) in [6, 6.07) is 0. The maximum Gasteiger partial charge on any atom is 1.00 e. The van der Waals surface area contributed by atoms with Crippen LogP contribution in [0.1, 0.15) is 6.23 Å². The van der Waals surface area contributed by atoms with E-state index in [1.807, 2.05) is 0 Å². The fraction of sp³-hybridized carbons (Fsp3) is 0.500. The van der Waals surface area contributed by atoms with E-state index >= 15 is 0 Å². The molecule has 180 valence electrons. The van der Waals surface area contributed by atoms with Gasteiger partial charge in [0.15, 0.2) is 17.4 Å². The number of aromatic amines is 1. The Morgan fingerprint density at radius 1 is 1.15 bits per heavy atom. The minimum absolute atomic E-state index is 0. The predicted molar refractivity (Wildman–Crippen MR) is 93.9 cm³/mol. The summed E-state index contributed by atoms with van der Waals surface area (Å²) in [7, 11) is -17.5. The number of nitrogens with zero attached hydrogens (tertiary/aromatic N) is 3. The van der Waals surface area contributed by atoms with Crippen molar-refractivity contribution < 1.29 is 120 Å². The maximum absolute atomic E-state index is 11.8. The molecule has 0 saturated carbocycles. The zero-order valence-corrected chi connectivity index (χ0v) is 23.9. The summed E-state index contributed by atoms with van der Waals surface area (Å²) in [5.41, 5.74) is 4.46. The van der Waals surface area contributed by atoms with Crippen molar-refractivity contribution in [2.24, 2.45) is 0 Å². The number of aliphatic hydroxyl groups excluding tert-OH is 2. The number of aliphatic hydroxyl groups is 2. The summed E-state index contributed by atoms with van der Waals surface area (Å²) in [4.78, 5) is 60.9. The molecule has 0 spiro atoms. The molecule has 3 heterocycles. The molecular formula is C10H14N5Na2O14P3. The summed E-state index contributed by atoms with van der Waals surface area (Å²) in [6.07, 6.45) is -5.42. The first-order chi connectivity index (χ1) is 14.6. The average molecular weight is 568 g/mol. The van der Waals surface area contributed by atoms with E-state index in [1.54, 1.807) is 0 Å². The Morgan fingerprint density at radius 3 is 2.35 bits per heavy atom. The van der Waals surface area contributed by atoms with Crippen LogP contribution in [-0.4, -0.2) is 64.4 Å². The second-order valence-corrected chi connectivity index (χ2v) is 10.5. The van der Waals surface area contributed by atoms with E-state index < -0.39 is 60.2 Å². The number of fused-ring (bicyclic) bond motifs is 1. The number of H-pyrrole nitrogens is 1. The summed E-state index contributed by atoms with van der Waals surface area (Å²) >= 11 is 0. The van der Waals surface area contributed by atoms with Crippen LogP contribution >= 0.6 is 23.5 Å². The summed E-state index contributed by atoms with van der Waals surface area (Å²) in [6.45, 7) is -1.04. The minimum atomic E-state index is -6.07. The van der Waals surface area contributed by atoms with Crippen LogP contribution in [0, 0.1) is 0 Å². The number of hydrogen-bond acceptors (Lipinski definition) is 15. The first-order valence-corrected chi connectivity index (χ1v) is 12.5. The molecule has 0 aromatic carbocycles. The van der Waals surface area contributed by atoms with Crippen LogP contribution in [0.3, 0.4) is 0 Å². The summed E-state index contributed by atoms with van der Waals surface area (Å²) in [5.74, 6) is -0.285. The monoisotopic (exact) mass is 568 g/mol. The molecule has 1 fully saturated rings. The molecule has 0 radical (unpaired) electrons. The number of anilines is 1. The molecule has 1 aliphatic rings. The van der Waals surface area contributed by atoms with Gasteiger partial charge in [0.1, 0.15) is 18.3 Å². The van der Waals surface area contributed by atoms with Gasteiger partial charge < -0.3 is 44.8 Å². The van der Waals surface area contributed by atoms with Gasteiger partial charge in [0.2, 0.25) is 5.95 Å². The molecule has 1 saturated heterocycles. The van der Waals surface area contributed by atoms with Crippen molar-refractivity contribution in [3.8, 4) is 0 Å². The number of ether oxygens (including phenoxy) is 1. The fourth-order valence-electron chi connectivity index (χ4n) is 2.69. The number of nitrogens with one attached hydrogen (secondary N) is 1. The van der Waals surface area contributed by atoms with E-state index in [0.29, 0.717) is 0 Å². The van der Waals surface area contributed by atoms with Crippen LogP contribution in [-0.2, 0) is 31.6 Å². The number of phosphoric acid groups is 3. The maximum atomic E-state index is 11.8. The second kappa shape index (κ2) is 11.9. The number of imidazole rings is 1. The quantitative estimate of drug-likeness (QED) is 0.127. The minimum Gasteiger partial charge on any atom is -0.789 e. The van der Waals surface area contributed by atoms with E-state index in [1.165, 1.54) is 0 Å². The summed E-state index contributed by atoms with van der Waals surface area (Å²) < 4.78 is 50.9. The van der Waals surface area contributed by atoms with Crippen molar-refractivity contribution in [1.29, 1.82) is 0 Å². The van der Waals surface area contributed by atoms with Crippen LogP contribution in [0.5, 0.6) is 0 Å². The Hall–Kier alpha value is 0.440. The van der Waals surface area contributed by atoms with Crippen LogP contribution in [0.25, 0.3) is 11.2 Å². The molecule has 3 rings (SSSR count). The number of hydrogen-bond donors (Lipinski definition) is 6. The molecule has 0 aliphatic carbocycles. The first-order valence-electron chi connectivity index (χ1n) is 8.07. The molecule has 1 aliphatic heterocycles. The van der Waals surface area contributed by atoms with E-state index in [-0.39, 0.29) is 76.2 Å². The van der Waals surface area contributed by atoms with Crippen LogP contribution in [0.2, 0.25) is 0 Å². The smallest absolute Gasteiger partial charge is 0.789 e. The Bertz CT molecular complexity index is 1220. The van der Waals surface area contributed by atoms with Crippen LogP contribution in [0.4, 0.5) is 5.95 Å². The third kappa shape index (κ3) is 7.97. The van der Waals surface area contributed by atoms with Gasteiger partial charge in [0.05, 0.1) is 20.8 Å². The normalized spacial score (nSPS) is 26.3. The second-order valence-electron chi connectivity index (χ2n) is 6.16. The molecular weight excluding hydrogens is 554 g/mol. The van der Waals surface area contributed by atoms with Gasteiger partial charge in [-0.3, -0.25) is 23.2 Å². The SMILES string of the molecule is Nc1nc2c(ncn2[C@@H]2O[C@H](COP(=O)(O)OP(=O)(O)O[32P](=O)([O-])[O-])[C@@H](O)[C@H]2O)c(=O)[nH]1.[Na+].[Na+]. The Morgan fingerprint density at radius 2 is 1.76 bits per heavy atom. The largest absolute Gasteiger partial charge is 1.00 e. The van der Waals surface area contributed by atoms with Gasteiger partial charge in [-0.2, -0.15) is 9.29 Å². The number of nitrogen functional groups attached to an aromatic ring is 1. The molecule has 0 bridgehead atoms. The molecule has 19 nitrogen and oxygen atoms in total. The Balaban J connectivity index is 0.00000289. The van der Waals surface area contributed by atoms with Crippen LogP contribution in [0.15, 0.2) is 11.1 Å². The average Bonchev–Trinajstić information content (AvgIpc) is 3.12. The standard InChI is InChI=1S/C10H16N5O14P3.2Na/c11-10-13-7-4(8(18)14-10)12-2-15(7)9-6(17)5(16)3(27-9)1-26-31(22,23)29-32(24,25)28-30(19,20)21;;/h2-3,5-6,9,16-17H,1H2,(H,22,23)(H,24,25)(H2,19,20,21)(H3,11,13,14,18);;/q;2*+1/p-2/t3-,5-,6-,9-;;/m1../s1/i30+1;;. The molecule has 34 heavy (non-hydrogen) atoms. The number of rotatable bonds is 8. The molecule has 7 N–H and O–H groups in total. The van der Waals surface area contributed by atoms with Crippen LogP contribution < -0.4 is 80.2 Å². The van der Waals surface area contributed by atoms with Gasteiger partial charge >= 0.3 is 74.8 Å². The molecule has 2 aromatic rings. The van der Waals surface area contributed by atoms with Crippen molar-refractivity contribution in [2.75, 3.05) is 12.3 Å². The Labute approximate surface area is 232 Å². The molecule has 2 unspecified atom stereocenters. The summed E-state index contributed by atoms with van der Waals surface area (Å²) in [5, 5.41) is 20.4. The van der Waals surface area contributed by atoms with Crippen molar-refractivity contribution in [2.45, 2.75) is 24.5 Å². The van der Waals surface area contributed by atoms with Crippen molar-refractivity contribution in [3.63, 3.8) is 0 Å². The molecule has 6 atom stereocenters. The third-order valence-electron chi connectivity index (χ3n) is 3.87. The van der Waals surface area contributed by atoms with Gasteiger partial charge in [-0.15, -0.1) is 0 Å². The zero-order valence-electron chi connectivity index (χ0n) is 17.2. The molecule has 2 aromatic heterocycles. The van der Waals surface area contributed by atoms with Gasteiger partial charge in [-0.25, -0.2) is 14.1 Å². The molecule has 24 heteroatoms. The third-order valence-corrected chi connectivity index (χ3v) is 7.63. The van der Waals surface area contributed by atoms with E-state index in [4.69, 9.17) is 15.4 Å². The van der Waals surface area contributed by atoms with Crippen molar-refractivity contribution >= 4 is 40.6 Å². The molecule has 0 amide bonds. The number of phosphoric ester groups is 1. The topological polar surface area (TPSA) is 305 Å². The predicted octanol–water partition coefficient (Wildman–Crippen LogP) is -9.59. The zero-order chi connectivity index (χ0) is 24.1. The fourth-order valence-corrected chi connectivity index (χ4v) is 5.65. The van der Waals surface area contributed by atoms with E-state index in [2.05, 4.69) is 28.1 Å².